The van der Waals surface area contributed by atoms with Crippen LogP contribution in [0, 0.1) is 0 Å². The quantitative estimate of drug-likeness (QED) is 0.691. The molecule has 0 aliphatic rings. The first-order valence-electron chi connectivity index (χ1n) is 5.54. The minimum absolute atomic E-state index is 0.145. The van der Waals surface area contributed by atoms with Crippen molar-refractivity contribution >= 4 is 39.4 Å². The minimum Gasteiger partial charge on any atom is -0.200 e. The summed E-state index contributed by atoms with van der Waals surface area (Å²) in [6.45, 7) is 0. The van der Waals surface area contributed by atoms with E-state index in [9.17, 15) is 8.42 Å². The molecular weight excluding hydrogens is 319 g/mol. The fourth-order valence-corrected chi connectivity index (χ4v) is 2.53. The van der Waals surface area contributed by atoms with Crippen LogP contribution < -0.4 is 4.83 Å². The second-order valence-electron chi connectivity index (χ2n) is 3.84. The maximum absolute atomic E-state index is 11.9. The highest BCUT2D eigenvalue weighted by atomic mass is 35.5. The van der Waals surface area contributed by atoms with Gasteiger partial charge in [0.1, 0.15) is 0 Å². The lowest BCUT2D eigenvalue weighted by Gasteiger charge is -2.02. The van der Waals surface area contributed by atoms with Crippen molar-refractivity contribution in [3.8, 4) is 0 Å². The van der Waals surface area contributed by atoms with E-state index in [1.807, 2.05) is 0 Å². The third kappa shape index (κ3) is 3.72. The van der Waals surface area contributed by atoms with Crippen LogP contribution in [0.5, 0.6) is 0 Å². The molecule has 0 unspecified atom stereocenters. The highest BCUT2D eigenvalue weighted by Crippen LogP contribution is 2.21. The third-order valence-electron chi connectivity index (χ3n) is 2.38. The molecule has 0 heterocycles. The SMILES string of the molecule is O=S(=O)(N/N=C/c1ccc(Cl)c(Cl)c1)c1ccccc1. The van der Waals surface area contributed by atoms with Gasteiger partial charge in [-0.3, -0.25) is 0 Å². The molecule has 0 radical (unpaired) electrons. The van der Waals surface area contributed by atoms with Gasteiger partial charge in [-0.1, -0.05) is 47.5 Å². The van der Waals surface area contributed by atoms with Gasteiger partial charge in [0.2, 0.25) is 0 Å². The Morgan fingerprint density at radius 1 is 1.00 bits per heavy atom. The second-order valence-corrected chi connectivity index (χ2v) is 6.31. The highest BCUT2D eigenvalue weighted by Gasteiger charge is 2.10. The van der Waals surface area contributed by atoms with Gasteiger partial charge < -0.3 is 0 Å². The number of hydrogen-bond donors (Lipinski definition) is 1. The van der Waals surface area contributed by atoms with E-state index in [2.05, 4.69) is 9.93 Å². The molecule has 0 fully saturated rings. The fraction of sp³-hybridized carbons (Fsp3) is 0. The summed E-state index contributed by atoms with van der Waals surface area (Å²) in [5.41, 5.74) is 0.634. The number of hydrazone groups is 1. The maximum Gasteiger partial charge on any atom is 0.276 e. The maximum atomic E-state index is 11.9. The first kappa shape index (κ1) is 14.8. The van der Waals surface area contributed by atoms with Crippen LogP contribution in [0.1, 0.15) is 5.56 Å². The van der Waals surface area contributed by atoms with Gasteiger partial charge in [-0.2, -0.15) is 13.5 Å². The molecule has 0 bridgehead atoms. The number of benzene rings is 2. The number of hydrogen-bond acceptors (Lipinski definition) is 3. The monoisotopic (exact) mass is 328 g/mol. The fourth-order valence-electron chi connectivity index (χ4n) is 1.42. The summed E-state index contributed by atoms with van der Waals surface area (Å²) in [5.74, 6) is 0. The van der Waals surface area contributed by atoms with Crippen LogP contribution in [-0.4, -0.2) is 14.6 Å². The van der Waals surface area contributed by atoms with Gasteiger partial charge in [-0.15, -0.1) is 0 Å². The van der Waals surface area contributed by atoms with Crippen molar-refractivity contribution in [1.82, 2.24) is 4.83 Å². The van der Waals surface area contributed by atoms with Crippen LogP contribution in [0.3, 0.4) is 0 Å². The zero-order chi connectivity index (χ0) is 14.6. The normalized spacial score (nSPS) is 11.7. The minimum atomic E-state index is -3.66. The average molecular weight is 329 g/mol. The molecule has 2 aromatic carbocycles. The number of nitrogens with one attached hydrogen (secondary N) is 1. The third-order valence-corrected chi connectivity index (χ3v) is 4.36. The molecule has 2 rings (SSSR count). The Kier molecular flexibility index (Phi) is 4.65. The molecule has 0 atom stereocenters. The topological polar surface area (TPSA) is 58.5 Å². The van der Waals surface area contributed by atoms with Crippen LogP contribution >= 0.6 is 23.2 Å². The predicted molar refractivity (Wildman–Crippen MR) is 80.8 cm³/mol. The van der Waals surface area contributed by atoms with Crippen molar-refractivity contribution in [3.63, 3.8) is 0 Å². The number of rotatable bonds is 4. The van der Waals surface area contributed by atoms with Crippen molar-refractivity contribution < 1.29 is 8.42 Å². The molecule has 0 amide bonds. The van der Waals surface area contributed by atoms with Crippen LogP contribution in [-0.2, 0) is 10.0 Å². The molecule has 2 aromatic rings. The van der Waals surface area contributed by atoms with Gasteiger partial charge in [0.25, 0.3) is 10.0 Å². The Bertz CT molecular complexity index is 731. The summed E-state index contributed by atoms with van der Waals surface area (Å²) >= 11 is 11.6. The molecule has 0 aromatic heterocycles. The van der Waals surface area contributed by atoms with Gasteiger partial charge in [0.15, 0.2) is 0 Å². The molecule has 1 N–H and O–H groups in total. The Morgan fingerprint density at radius 2 is 1.70 bits per heavy atom. The van der Waals surface area contributed by atoms with Crippen LogP contribution in [0.4, 0.5) is 0 Å². The average Bonchev–Trinajstić information content (AvgIpc) is 2.44. The Labute approximate surface area is 127 Å². The molecule has 0 saturated heterocycles. The molecular formula is C13H10Cl2N2O2S. The van der Waals surface area contributed by atoms with Crippen molar-refractivity contribution in [2.45, 2.75) is 4.90 Å². The van der Waals surface area contributed by atoms with E-state index < -0.39 is 10.0 Å². The molecule has 104 valence electrons. The summed E-state index contributed by atoms with van der Waals surface area (Å²) in [4.78, 5) is 2.27. The largest absolute Gasteiger partial charge is 0.276 e. The van der Waals surface area contributed by atoms with E-state index in [1.54, 1.807) is 36.4 Å². The molecule has 0 aliphatic carbocycles. The molecule has 0 spiro atoms. The van der Waals surface area contributed by atoms with E-state index in [1.165, 1.54) is 18.3 Å². The predicted octanol–water partition coefficient (Wildman–Crippen LogP) is 3.31. The lowest BCUT2D eigenvalue weighted by Crippen LogP contribution is -2.18. The highest BCUT2D eigenvalue weighted by molar-refractivity contribution is 7.89. The summed E-state index contributed by atoms with van der Waals surface area (Å²) < 4.78 is 23.7. The van der Waals surface area contributed by atoms with Gasteiger partial charge in [-0.05, 0) is 29.8 Å². The van der Waals surface area contributed by atoms with Crippen LogP contribution in [0.2, 0.25) is 10.0 Å². The zero-order valence-corrected chi connectivity index (χ0v) is 12.5. The Morgan fingerprint density at radius 3 is 2.35 bits per heavy atom. The van der Waals surface area contributed by atoms with E-state index in [4.69, 9.17) is 23.2 Å². The number of sulfonamides is 1. The first-order chi connectivity index (χ1) is 9.49. The van der Waals surface area contributed by atoms with Crippen molar-refractivity contribution in [2.24, 2.45) is 5.10 Å². The van der Waals surface area contributed by atoms with E-state index in [0.717, 1.165) is 0 Å². The lowest BCUT2D eigenvalue weighted by atomic mass is 10.2. The zero-order valence-electron chi connectivity index (χ0n) is 10.1. The summed E-state index contributed by atoms with van der Waals surface area (Å²) in [7, 11) is -3.66. The van der Waals surface area contributed by atoms with Gasteiger partial charge in [0, 0.05) is 0 Å². The molecule has 20 heavy (non-hydrogen) atoms. The van der Waals surface area contributed by atoms with Crippen molar-refractivity contribution in [3.05, 3.63) is 64.1 Å². The van der Waals surface area contributed by atoms with Gasteiger partial charge in [0.05, 0.1) is 21.2 Å². The molecule has 4 nitrogen and oxygen atoms in total. The Hall–Kier alpha value is -1.56. The summed E-state index contributed by atoms with van der Waals surface area (Å²) in [5, 5.41) is 4.50. The molecule has 0 saturated carbocycles. The molecule has 0 aliphatic heterocycles. The van der Waals surface area contributed by atoms with E-state index in [-0.39, 0.29) is 4.90 Å². The van der Waals surface area contributed by atoms with E-state index >= 15 is 0 Å². The Balaban J connectivity index is 2.12. The molecule has 7 heteroatoms. The van der Waals surface area contributed by atoms with Crippen molar-refractivity contribution in [2.75, 3.05) is 0 Å². The van der Waals surface area contributed by atoms with E-state index in [0.29, 0.717) is 15.6 Å². The lowest BCUT2D eigenvalue weighted by molar-refractivity contribution is 0.584. The number of halogens is 2. The second kappa shape index (κ2) is 6.26. The number of nitrogens with zero attached hydrogens (tertiary/aromatic N) is 1. The summed E-state index contributed by atoms with van der Waals surface area (Å²) in [6.07, 6.45) is 1.35. The smallest absolute Gasteiger partial charge is 0.200 e. The van der Waals surface area contributed by atoms with Gasteiger partial charge in [-0.25, -0.2) is 4.83 Å². The van der Waals surface area contributed by atoms with Crippen LogP contribution in [0.25, 0.3) is 0 Å². The van der Waals surface area contributed by atoms with Crippen molar-refractivity contribution in [1.29, 1.82) is 0 Å². The standard InChI is InChI=1S/C13H10Cl2N2O2S/c14-12-7-6-10(8-13(12)15)9-16-17-20(18,19)11-4-2-1-3-5-11/h1-9,17H/b16-9+. The van der Waals surface area contributed by atoms with Gasteiger partial charge >= 0.3 is 0 Å². The first-order valence-corrected chi connectivity index (χ1v) is 7.78. The summed E-state index contributed by atoms with van der Waals surface area (Å²) in [6, 6.07) is 12.8. The van der Waals surface area contributed by atoms with Crippen LogP contribution in [0.15, 0.2) is 58.5 Å².